The molecule has 0 saturated carbocycles. The quantitative estimate of drug-likeness (QED) is 0.641. The lowest BCUT2D eigenvalue weighted by molar-refractivity contribution is -0.192. The monoisotopic (exact) mass is 227 g/mol. The molecule has 2 saturated heterocycles. The standard InChI is InChI=1S/C6H11NO.C2HF3O2/c1-3-7-5-6(1)2-4-8-6;3-2(4,5)1(6)7/h7H,1-5H2;(H,6,7). The molecule has 0 aliphatic carbocycles. The molecule has 2 rings (SSSR count). The van der Waals surface area contributed by atoms with Gasteiger partial charge in [0.1, 0.15) is 0 Å². The third-order valence-corrected chi connectivity index (χ3v) is 2.41. The minimum absolute atomic E-state index is 0.306. The zero-order valence-electron chi connectivity index (χ0n) is 7.93. The molecule has 15 heavy (non-hydrogen) atoms. The molecule has 1 atom stereocenters. The smallest absolute Gasteiger partial charge is 0.475 e. The highest BCUT2D eigenvalue weighted by Crippen LogP contribution is 2.31. The van der Waals surface area contributed by atoms with Crippen molar-refractivity contribution < 1.29 is 27.8 Å². The molecule has 7 heteroatoms. The molecule has 0 aromatic heterocycles. The van der Waals surface area contributed by atoms with Crippen molar-refractivity contribution in [2.24, 2.45) is 0 Å². The van der Waals surface area contributed by atoms with Gasteiger partial charge in [0.25, 0.3) is 0 Å². The maximum atomic E-state index is 10.6. The summed E-state index contributed by atoms with van der Waals surface area (Å²) in [6.07, 6.45) is -2.58. The molecule has 1 spiro atoms. The van der Waals surface area contributed by atoms with E-state index in [-0.39, 0.29) is 0 Å². The lowest BCUT2D eigenvalue weighted by Gasteiger charge is -2.37. The topological polar surface area (TPSA) is 58.6 Å². The minimum Gasteiger partial charge on any atom is -0.475 e. The molecule has 1 unspecified atom stereocenters. The van der Waals surface area contributed by atoms with E-state index in [1.165, 1.54) is 12.8 Å². The zero-order chi connectivity index (χ0) is 11.5. The average molecular weight is 227 g/mol. The van der Waals surface area contributed by atoms with Crippen LogP contribution in [-0.4, -0.2) is 42.5 Å². The summed E-state index contributed by atoms with van der Waals surface area (Å²) in [7, 11) is 0. The number of alkyl halides is 3. The van der Waals surface area contributed by atoms with E-state index in [1.54, 1.807) is 0 Å². The first kappa shape index (κ1) is 12.3. The maximum absolute atomic E-state index is 10.6. The van der Waals surface area contributed by atoms with E-state index in [0.717, 1.165) is 19.7 Å². The predicted molar refractivity (Wildman–Crippen MR) is 44.5 cm³/mol. The second-order valence-corrected chi connectivity index (χ2v) is 3.51. The summed E-state index contributed by atoms with van der Waals surface area (Å²) in [6, 6.07) is 0. The van der Waals surface area contributed by atoms with E-state index in [1.807, 2.05) is 0 Å². The van der Waals surface area contributed by atoms with Crippen molar-refractivity contribution in [3.05, 3.63) is 0 Å². The highest BCUT2D eigenvalue weighted by Gasteiger charge is 2.40. The Kier molecular flexibility index (Phi) is 3.56. The van der Waals surface area contributed by atoms with Gasteiger partial charge in [0.15, 0.2) is 0 Å². The summed E-state index contributed by atoms with van der Waals surface area (Å²) in [6.45, 7) is 3.23. The highest BCUT2D eigenvalue weighted by molar-refractivity contribution is 5.73. The van der Waals surface area contributed by atoms with Crippen LogP contribution in [0.3, 0.4) is 0 Å². The molecular formula is C8H12F3NO3. The second-order valence-electron chi connectivity index (χ2n) is 3.51. The van der Waals surface area contributed by atoms with Crippen LogP contribution in [0.25, 0.3) is 0 Å². The second kappa shape index (κ2) is 4.36. The molecular weight excluding hydrogens is 215 g/mol. The summed E-state index contributed by atoms with van der Waals surface area (Å²) in [5.41, 5.74) is 0.306. The molecule has 2 heterocycles. The van der Waals surface area contributed by atoms with Crippen LogP contribution < -0.4 is 5.32 Å². The maximum Gasteiger partial charge on any atom is 0.490 e. The van der Waals surface area contributed by atoms with Gasteiger partial charge in [-0.2, -0.15) is 13.2 Å². The SMILES string of the molecule is C1CC2(CCO2)CN1.O=C(O)C(F)(F)F. The van der Waals surface area contributed by atoms with Crippen molar-refractivity contribution in [3.8, 4) is 0 Å². The fraction of sp³-hybridized carbons (Fsp3) is 0.875. The van der Waals surface area contributed by atoms with Crippen LogP contribution in [0.4, 0.5) is 13.2 Å². The molecule has 0 aromatic carbocycles. The van der Waals surface area contributed by atoms with E-state index < -0.39 is 12.1 Å². The van der Waals surface area contributed by atoms with Gasteiger partial charge >= 0.3 is 12.1 Å². The molecule has 0 radical (unpaired) electrons. The Balaban J connectivity index is 0.000000153. The number of hydrogen-bond acceptors (Lipinski definition) is 3. The first-order valence-electron chi connectivity index (χ1n) is 4.51. The molecule has 0 aromatic rings. The largest absolute Gasteiger partial charge is 0.490 e. The molecule has 0 amide bonds. The zero-order valence-corrected chi connectivity index (χ0v) is 7.93. The van der Waals surface area contributed by atoms with Crippen LogP contribution in [0.1, 0.15) is 12.8 Å². The number of ether oxygens (including phenoxy) is 1. The van der Waals surface area contributed by atoms with Gasteiger partial charge in [0.05, 0.1) is 12.2 Å². The van der Waals surface area contributed by atoms with Crippen LogP contribution >= 0.6 is 0 Å². The third kappa shape index (κ3) is 3.35. The molecule has 2 aliphatic rings. The van der Waals surface area contributed by atoms with E-state index in [4.69, 9.17) is 14.6 Å². The van der Waals surface area contributed by atoms with E-state index >= 15 is 0 Å². The first-order valence-corrected chi connectivity index (χ1v) is 4.51. The number of carboxylic acids is 1. The summed E-state index contributed by atoms with van der Waals surface area (Å²) >= 11 is 0. The van der Waals surface area contributed by atoms with Gasteiger partial charge in [-0.15, -0.1) is 0 Å². The van der Waals surface area contributed by atoms with Gasteiger partial charge in [-0.25, -0.2) is 4.79 Å². The Bertz CT molecular complexity index is 230. The van der Waals surface area contributed by atoms with Gasteiger partial charge in [-0.05, 0) is 13.0 Å². The van der Waals surface area contributed by atoms with Crippen LogP contribution in [0, 0.1) is 0 Å². The van der Waals surface area contributed by atoms with Gasteiger partial charge in [-0.1, -0.05) is 0 Å². The summed E-state index contributed by atoms with van der Waals surface area (Å²) in [4.78, 5) is 8.90. The molecule has 2 fully saturated rings. The van der Waals surface area contributed by atoms with Crippen molar-refractivity contribution in [2.45, 2.75) is 24.6 Å². The molecule has 88 valence electrons. The lowest BCUT2D eigenvalue weighted by atomic mass is 9.94. The van der Waals surface area contributed by atoms with E-state index in [2.05, 4.69) is 5.32 Å². The summed E-state index contributed by atoms with van der Waals surface area (Å²) in [5, 5.41) is 10.4. The summed E-state index contributed by atoms with van der Waals surface area (Å²) < 4.78 is 37.2. The normalized spacial score (nSPS) is 29.3. The average Bonchev–Trinajstić information content (AvgIpc) is 2.49. The fourth-order valence-corrected chi connectivity index (χ4v) is 1.45. The Hall–Kier alpha value is -0.820. The molecule has 2 N–H and O–H groups in total. The molecule has 0 bridgehead atoms. The van der Waals surface area contributed by atoms with Crippen molar-refractivity contribution in [2.75, 3.05) is 19.7 Å². The van der Waals surface area contributed by atoms with Crippen molar-refractivity contribution in [1.29, 1.82) is 0 Å². The Labute approximate surface area is 84.4 Å². The minimum atomic E-state index is -5.08. The molecule has 4 nitrogen and oxygen atoms in total. The Morgan fingerprint density at radius 3 is 2.07 bits per heavy atom. The van der Waals surface area contributed by atoms with Crippen molar-refractivity contribution in [3.63, 3.8) is 0 Å². The number of rotatable bonds is 0. The highest BCUT2D eigenvalue weighted by atomic mass is 19.4. The van der Waals surface area contributed by atoms with Gasteiger partial charge in [0, 0.05) is 13.0 Å². The van der Waals surface area contributed by atoms with E-state index in [0.29, 0.717) is 5.60 Å². The number of hydrogen-bond donors (Lipinski definition) is 2. The van der Waals surface area contributed by atoms with Gasteiger partial charge < -0.3 is 15.2 Å². The number of aliphatic carboxylic acids is 1. The van der Waals surface area contributed by atoms with Crippen molar-refractivity contribution >= 4 is 5.97 Å². The van der Waals surface area contributed by atoms with Gasteiger partial charge in [-0.3, -0.25) is 0 Å². The van der Waals surface area contributed by atoms with E-state index in [9.17, 15) is 13.2 Å². The number of carboxylic acid groups (broad SMARTS) is 1. The predicted octanol–water partition coefficient (Wildman–Crippen LogP) is 0.772. The van der Waals surface area contributed by atoms with Crippen LogP contribution in [-0.2, 0) is 9.53 Å². The van der Waals surface area contributed by atoms with Crippen LogP contribution in [0.2, 0.25) is 0 Å². The van der Waals surface area contributed by atoms with Crippen LogP contribution in [0.15, 0.2) is 0 Å². The number of halogens is 3. The first-order chi connectivity index (χ1) is 6.86. The lowest BCUT2D eigenvalue weighted by Crippen LogP contribution is -2.45. The summed E-state index contributed by atoms with van der Waals surface area (Å²) in [5.74, 6) is -2.76. The number of nitrogens with one attached hydrogen (secondary N) is 1. The fourth-order valence-electron chi connectivity index (χ4n) is 1.45. The molecule has 2 aliphatic heterocycles. The number of carbonyl (C=O) groups is 1. The Morgan fingerprint density at radius 2 is 1.93 bits per heavy atom. The third-order valence-electron chi connectivity index (χ3n) is 2.41. The van der Waals surface area contributed by atoms with Crippen LogP contribution in [0.5, 0.6) is 0 Å². The Morgan fingerprint density at radius 1 is 1.40 bits per heavy atom. The van der Waals surface area contributed by atoms with Gasteiger partial charge in [0.2, 0.25) is 0 Å². The van der Waals surface area contributed by atoms with Crippen molar-refractivity contribution in [1.82, 2.24) is 5.32 Å².